The van der Waals surface area contributed by atoms with Crippen LogP contribution in [0, 0.1) is 0 Å². The molecule has 6 heteroatoms. The van der Waals surface area contributed by atoms with Crippen LogP contribution in [0.2, 0.25) is 5.02 Å². The molecule has 0 bridgehead atoms. The fourth-order valence-electron chi connectivity index (χ4n) is 1.74. The molecule has 0 aromatic heterocycles. The zero-order valence-electron chi connectivity index (χ0n) is 10.1. The summed E-state index contributed by atoms with van der Waals surface area (Å²) >= 11 is 5.76. The molecule has 18 heavy (non-hydrogen) atoms. The molecule has 1 aromatic rings. The van der Waals surface area contributed by atoms with Gasteiger partial charge in [0.25, 0.3) is 5.79 Å². The summed E-state index contributed by atoms with van der Waals surface area (Å²) in [4.78, 5) is 12.7. The second-order valence-corrected chi connectivity index (χ2v) is 5.02. The lowest BCUT2D eigenvalue weighted by atomic mass is 10.1. The van der Waals surface area contributed by atoms with Gasteiger partial charge in [-0.3, -0.25) is 4.90 Å². The lowest BCUT2D eigenvalue weighted by Gasteiger charge is -2.33. The van der Waals surface area contributed by atoms with Crippen molar-refractivity contribution in [3.8, 4) is 0 Å². The third-order valence-electron chi connectivity index (χ3n) is 3.16. The van der Waals surface area contributed by atoms with E-state index in [9.17, 15) is 15.0 Å². The van der Waals surface area contributed by atoms with Gasteiger partial charge in [0.1, 0.15) is 0 Å². The maximum atomic E-state index is 11.6. The van der Waals surface area contributed by atoms with Gasteiger partial charge in [0.2, 0.25) is 5.72 Å². The molecule has 0 unspecified atom stereocenters. The zero-order chi connectivity index (χ0) is 13.6. The Morgan fingerprint density at radius 1 is 1.28 bits per heavy atom. The van der Waals surface area contributed by atoms with E-state index in [0.29, 0.717) is 5.02 Å². The average molecular weight is 272 g/mol. The Morgan fingerprint density at radius 3 is 2.28 bits per heavy atom. The predicted octanol–water partition coefficient (Wildman–Crippen LogP) is 1.71. The molecule has 0 radical (unpaired) electrons. The van der Waals surface area contributed by atoms with Crippen molar-refractivity contribution in [2.24, 2.45) is 0 Å². The van der Waals surface area contributed by atoms with Crippen molar-refractivity contribution in [3.05, 3.63) is 34.9 Å². The summed E-state index contributed by atoms with van der Waals surface area (Å²) in [7, 11) is 0. The quantitative estimate of drug-likeness (QED) is 0.859. The summed E-state index contributed by atoms with van der Waals surface area (Å²) in [6.45, 7) is 2.69. The first-order valence-corrected chi connectivity index (χ1v) is 5.81. The molecular weight excluding hydrogens is 258 g/mol. The molecular formula is C12H14ClNO4. The molecule has 1 amide bonds. The molecule has 0 spiro atoms. The largest absolute Gasteiger partial charge is 0.415 e. The number of rotatable bonds is 2. The van der Waals surface area contributed by atoms with E-state index >= 15 is 0 Å². The van der Waals surface area contributed by atoms with E-state index in [2.05, 4.69) is 0 Å². The standard InChI is InChI=1S/C12H14ClNO4/c1-11(16)12(2,17)18-10(15)14(11)7-8-3-5-9(13)6-4-8/h3-6,16-17H,7H2,1-2H3/t11-,12-/m1/s1. The van der Waals surface area contributed by atoms with Crippen LogP contribution in [0.25, 0.3) is 0 Å². The minimum Gasteiger partial charge on any atom is -0.412 e. The molecule has 1 aliphatic heterocycles. The Balaban J connectivity index is 2.24. The Morgan fingerprint density at radius 2 is 1.83 bits per heavy atom. The Hall–Kier alpha value is -1.30. The SMILES string of the molecule is C[C@]1(O)N(Cc2ccc(Cl)cc2)C(=O)O[C@@]1(C)O. The molecule has 2 atom stereocenters. The molecule has 5 nitrogen and oxygen atoms in total. The minimum atomic E-state index is -1.93. The summed E-state index contributed by atoms with van der Waals surface area (Å²) in [6.07, 6.45) is -0.764. The van der Waals surface area contributed by atoms with E-state index in [1.807, 2.05) is 0 Å². The van der Waals surface area contributed by atoms with Gasteiger partial charge < -0.3 is 14.9 Å². The van der Waals surface area contributed by atoms with E-state index in [-0.39, 0.29) is 6.54 Å². The van der Waals surface area contributed by atoms with Crippen LogP contribution in [0.5, 0.6) is 0 Å². The fourth-order valence-corrected chi connectivity index (χ4v) is 1.87. The van der Waals surface area contributed by atoms with Crippen LogP contribution < -0.4 is 0 Å². The first-order chi connectivity index (χ1) is 8.24. The first-order valence-electron chi connectivity index (χ1n) is 5.44. The third-order valence-corrected chi connectivity index (χ3v) is 3.42. The van der Waals surface area contributed by atoms with Crippen LogP contribution in [0.15, 0.2) is 24.3 Å². The molecule has 1 aliphatic rings. The highest BCUT2D eigenvalue weighted by Gasteiger charge is 2.58. The van der Waals surface area contributed by atoms with Gasteiger partial charge in [-0.15, -0.1) is 0 Å². The molecule has 1 fully saturated rings. The summed E-state index contributed by atoms with van der Waals surface area (Å²) in [5, 5.41) is 20.6. The van der Waals surface area contributed by atoms with Crippen LogP contribution in [0.3, 0.4) is 0 Å². The number of nitrogens with zero attached hydrogens (tertiary/aromatic N) is 1. The van der Waals surface area contributed by atoms with Crippen molar-refractivity contribution >= 4 is 17.7 Å². The Kier molecular flexibility index (Phi) is 3.01. The zero-order valence-corrected chi connectivity index (χ0v) is 10.8. The molecule has 0 saturated carbocycles. The van der Waals surface area contributed by atoms with E-state index < -0.39 is 17.6 Å². The number of carbonyl (C=O) groups excluding carboxylic acids is 1. The number of amides is 1. The van der Waals surface area contributed by atoms with Crippen molar-refractivity contribution < 1.29 is 19.7 Å². The number of cyclic esters (lactones) is 1. The van der Waals surface area contributed by atoms with Crippen molar-refractivity contribution in [1.82, 2.24) is 4.90 Å². The highest BCUT2D eigenvalue weighted by atomic mass is 35.5. The highest BCUT2D eigenvalue weighted by Crippen LogP contribution is 2.36. The Bertz CT molecular complexity index is 469. The summed E-state index contributed by atoms with van der Waals surface area (Å²) in [5.41, 5.74) is -1.02. The van der Waals surface area contributed by atoms with Crippen LogP contribution in [0.4, 0.5) is 4.79 Å². The lowest BCUT2D eigenvalue weighted by molar-refractivity contribution is -0.248. The normalized spacial score (nSPS) is 31.6. The van der Waals surface area contributed by atoms with Crippen LogP contribution in [-0.2, 0) is 11.3 Å². The van der Waals surface area contributed by atoms with E-state index in [4.69, 9.17) is 16.3 Å². The summed E-state index contributed by atoms with van der Waals surface area (Å²) in [6, 6.07) is 6.84. The maximum absolute atomic E-state index is 11.6. The molecule has 1 aromatic carbocycles. The number of halogens is 1. The predicted molar refractivity (Wildman–Crippen MR) is 64.7 cm³/mol. The molecule has 98 valence electrons. The summed E-state index contributed by atoms with van der Waals surface area (Å²) < 4.78 is 4.74. The summed E-state index contributed by atoms with van der Waals surface area (Å²) in [5.74, 6) is -1.93. The number of ether oxygens (including phenoxy) is 1. The second kappa shape index (κ2) is 4.12. The highest BCUT2D eigenvalue weighted by molar-refractivity contribution is 6.30. The smallest absolute Gasteiger partial charge is 0.412 e. The van der Waals surface area contributed by atoms with Crippen molar-refractivity contribution in [2.45, 2.75) is 31.9 Å². The third kappa shape index (κ3) is 2.05. The van der Waals surface area contributed by atoms with Crippen LogP contribution in [0.1, 0.15) is 19.4 Å². The minimum absolute atomic E-state index is 0.124. The van der Waals surface area contributed by atoms with Crippen LogP contribution >= 0.6 is 11.6 Å². The number of hydrogen-bond acceptors (Lipinski definition) is 4. The molecule has 1 saturated heterocycles. The van der Waals surface area contributed by atoms with E-state index in [0.717, 1.165) is 10.5 Å². The van der Waals surface area contributed by atoms with Gasteiger partial charge in [0.05, 0.1) is 6.54 Å². The van der Waals surface area contributed by atoms with Gasteiger partial charge >= 0.3 is 6.09 Å². The molecule has 2 rings (SSSR count). The maximum Gasteiger partial charge on any atom is 0.415 e. The monoisotopic (exact) mass is 271 g/mol. The molecule has 1 heterocycles. The fraction of sp³-hybridized carbons (Fsp3) is 0.417. The van der Waals surface area contributed by atoms with Crippen LogP contribution in [-0.4, -0.2) is 32.7 Å². The van der Waals surface area contributed by atoms with Crippen molar-refractivity contribution in [1.29, 1.82) is 0 Å². The van der Waals surface area contributed by atoms with E-state index in [1.165, 1.54) is 13.8 Å². The first kappa shape index (κ1) is 13.1. The van der Waals surface area contributed by atoms with Crippen molar-refractivity contribution in [2.75, 3.05) is 0 Å². The Labute approximate surface area is 110 Å². The van der Waals surface area contributed by atoms with Gasteiger partial charge in [-0.05, 0) is 24.6 Å². The topological polar surface area (TPSA) is 70.0 Å². The average Bonchev–Trinajstić information content (AvgIpc) is 2.40. The van der Waals surface area contributed by atoms with Crippen molar-refractivity contribution in [3.63, 3.8) is 0 Å². The molecule has 0 aliphatic carbocycles. The molecule has 2 N–H and O–H groups in total. The number of aliphatic hydroxyl groups is 2. The number of hydrogen-bond donors (Lipinski definition) is 2. The van der Waals surface area contributed by atoms with Gasteiger partial charge in [-0.25, -0.2) is 4.79 Å². The number of benzene rings is 1. The number of carbonyl (C=O) groups is 1. The van der Waals surface area contributed by atoms with Gasteiger partial charge in [0.15, 0.2) is 0 Å². The van der Waals surface area contributed by atoms with E-state index in [1.54, 1.807) is 24.3 Å². The van der Waals surface area contributed by atoms with Gasteiger partial charge in [-0.1, -0.05) is 23.7 Å². The lowest BCUT2D eigenvalue weighted by Crippen LogP contribution is -2.54. The van der Waals surface area contributed by atoms with Gasteiger partial charge in [-0.2, -0.15) is 0 Å². The van der Waals surface area contributed by atoms with Gasteiger partial charge in [0, 0.05) is 11.9 Å². The second-order valence-electron chi connectivity index (χ2n) is 4.58.